The lowest BCUT2D eigenvalue weighted by atomic mass is 10.0. The molecule has 0 unspecified atom stereocenters. The molecule has 3 N–H and O–H groups in total. The first kappa shape index (κ1) is 35.6. The number of allylic oxidation sites excluding steroid dienone is 2. The van der Waals surface area contributed by atoms with Crippen LogP contribution < -0.4 is 15.6 Å². The minimum absolute atomic E-state index is 0.0277. The highest BCUT2D eigenvalue weighted by atomic mass is 16.5. The summed E-state index contributed by atoms with van der Waals surface area (Å²) in [6, 6.07) is 23.4. The standard InChI is InChI=1S/C37H42N4O7/c42-34(40-46)13-7-4-10-24-47-32-22-20-31(21-23-32)37(45)39-38-25-28-16-18-29(19-17-28)26-41-33(30-11-5-3-6-12-30)27-48-36(44)15-9-2-1-8-14-35(41)43/h1-3,5-6,11-12,16-23,25,33,46H,4,7-10,13-15,24,26-27H2,(H,39,45)(H,40,42)/b2-1+,38-25+/t33-/m1/s1. The topological polar surface area (TPSA) is 147 Å². The van der Waals surface area contributed by atoms with E-state index in [1.165, 1.54) is 0 Å². The highest BCUT2D eigenvalue weighted by molar-refractivity contribution is 5.95. The Morgan fingerprint density at radius 3 is 2.38 bits per heavy atom. The van der Waals surface area contributed by atoms with Gasteiger partial charge >= 0.3 is 5.97 Å². The van der Waals surface area contributed by atoms with Crippen LogP contribution in [0, 0.1) is 0 Å². The lowest BCUT2D eigenvalue weighted by Crippen LogP contribution is -2.37. The van der Waals surface area contributed by atoms with Crippen LogP contribution in [0.25, 0.3) is 0 Å². The number of cyclic esters (lactones) is 1. The number of hydrogen-bond donors (Lipinski definition) is 3. The molecular weight excluding hydrogens is 612 g/mol. The van der Waals surface area contributed by atoms with Gasteiger partial charge in [-0.25, -0.2) is 10.9 Å². The Balaban J connectivity index is 1.31. The van der Waals surface area contributed by atoms with Gasteiger partial charge in [-0.1, -0.05) is 66.7 Å². The third kappa shape index (κ3) is 11.8. The second-order valence-corrected chi connectivity index (χ2v) is 11.3. The molecule has 0 saturated carbocycles. The van der Waals surface area contributed by atoms with E-state index in [1.807, 2.05) is 66.7 Å². The van der Waals surface area contributed by atoms with Gasteiger partial charge < -0.3 is 14.4 Å². The lowest BCUT2D eigenvalue weighted by molar-refractivity contribution is -0.149. The first-order valence-electron chi connectivity index (χ1n) is 16.2. The molecule has 1 heterocycles. The van der Waals surface area contributed by atoms with Gasteiger partial charge in [0.15, 0.2) is 0 Å². The van der Waals surface area contributed by atoms with E-state index in [9.17, 15) is 19.2 Å². The van der Waals surface area contributed by atoms with Crippen molar-refractivity contribution in [1.29, 1.82) is 0 Å². The zero-order valence-corrected chi connectivity index (χ0v) is 26.9. The molecule has 11 heteroatoms. The maximum atomic E-state index is 13.5. The molecule has 3 aromatic carbocycles. The number of hydrazone groups is 1. The molecule has 0 radical (unpaired) electrons. The van der Waals surface area contributed by atoms with Crippen molar-refractivity contribution in [1.82, 2.24) is 15.8 Å². The van der Waals surface area contributed by atoms with Crippen LogP contribution in [0.2, 0.25) is 0 Å². The molecule has 1 aliphatic heterocycles. The number of hydrogen-bond acceptors (Lipinski definition) is 8. The van der Waals surface area contributed by atoms with Crippen LogP contribution in [0.3, 0.4) is 0 Å². The quantitative estimate of drug-likeness (QED) is 0.0540. The maximum absolute atomic E-state index is 13.5. The van der Waals surface area contributed by atoms with Gasteiger partial charge in [0.1, 0.15) is 12.4 Å². The molecule has 0 spiro atoms. The second kappa shape index (κ2) is 19.4. The van der Waals surface area contributed by atoms with Crippen LogP contribution in [0.5, 0.6) is 5.75 Å². The monoisotopic (exact) mass is 654 g/mol. The van der Waals surface area contributed by atoms with Gasteiger partial charge in [-0.3, -0.25) is 24.4 Å². The molecular formula is C37H42N4O7. The molecule has 0 aliphatic carbocycles. The predicted octanol–water partition coefficient (Wildman–Crippen LogP) is 5.64. The van der Waals surface area contributed by atoms with Gasteiger partial charge in [0.25, 0.3) is 5.91 Å². The van der Waals surface area contributed by atoms with Gasteiger partial charge in [0, 0.05) is 31.4 Å². The highest BCUT2D eigenvalue weighted by Crippen LogP contribution is 2.26. The zero-order valence-electron chi connectivity index (χ0n) is 26.9. The molecule has 0 saturated heterocycles. The molecule has 1 atom stereocenters. The summed E-state index contributed by atoms with van der Waals surface area (Å²) in [5.41, 5.74) is 7.13. The Hall–Kier alpha value is -5.29. The van der Waals surface area contributed by atoms with Gasteiger partial charge in [-0.15, -0.1) is 0 Å². The first-order chi connectivity index (χ1) is 23.4. The van der Waals surface area contributed by atoms with Crippen molar-refractivity contribution < 1.29 is 33.9 Å². The van der Waals surface area contributed by atoms with E-state index in [0.29, 0.717) is 56.6 Å². The fourth-order valence-corrected chi connectivity index (χ4v) is 5.09. The third-order valence-corrected chi connectivity index (χ3v) is 7.76. The number of esters is 1. The van der Waals surface area contributed by atoms with E-state index in [2.05, 4.69) is 10.5 Å². The summed E-state index contributed by atoms with van der Waals surface area (Å²) in [4.78, 5) is 51.2. The predicted molar refractivity (Wildman–Crippen MR) is 180 cm³/mol. The van der Waals surface area contributed by atoms with Crippen molar-refractivity contribution in [3.8, 4) is 5.75 Å². The van der Waals surface area contributed by atoms with E-state index in [1.54, 1.807) is 40.9 Å². The summed E-state index contributed by atoms with van der Waals surface area (Å²) in [5.74, 6) is -0.453. The number of ether oxygens (including phenoxy) is 2. The Morgan fingerprint density at radius 1 is 0.917 bits per heavy atom. The van der Waals surface area contributed by atoms with E-state index in [-0.39, 0.29) is 30.8 Å². The number of carbonyl (C=O) groups excluding carboxylic acids is 4. The molecule has 11 nitrogen and oxygen atoms in total. The molecule has 0 aromatic heterocycles. The van der Waals surface area contributed by atoms with Gasteiger partial charge in [0.2, 0.25) is 11.8 Å². The van der Waals surface area contributed by atoms with E-state index >= 15 is 0 Å². The summed E-state index contributed by atoms with van der Waals surface area (Å²) in [7, 11) is 0. The van der Waals surface area contributed by atoms with Crippen molar-refractivity contribution in [2.45, 2.75) is 64.0 Å². The summed E-state index contributed by atoms with van der Waals surface area (Å²) >= 11 is 0. The van der Waals surface area contributed by atoms with Gasteiger partial charge in [0.05, 0.1) is 18.9 Å². The lowest BCUT2D eigenvalue weighted by Gasteiger charge is -2.32. The molecule has 3 aromatic rings. The molecule has 1 aliphatic rings. The Morgan fingerprint density at radius 2 is 1.65 bits per heavy atom. The number of nitrogens with zero attached hydrogens (tertiary/aromatic N) is 2. The Labute approximate surface area is 280 Å². The minimum atomic E-state index is -0.429. The van der Waals surface area contributed by atoms with Crippen LogP contribution in [-0.2, 0) is 25.7 Å². The molecule has 0 fully saturated rings. The Bertz CT molecular complexity index is 1540. The van der Waals surface area contributed by atoms with Crippen LogP contribution in [0.1, 0.15) is 84.5 Å². The second-order valence-electron chi connectivity index (χ2n) is 11.3. The number of carbonyl (C=O) groups is 4. The number of nitrogens with one attached hydrogen (secondary N) is 2. The van der Waals surface area contributed by atoms with Gasteiger partial charge in [-0.05, 0) is 73.1 Å². The number of hydroxylamine groups is 1. The van der Waals surface area contributed by atoms with Crippen LogP contribution in [0.15, 0.2) is 96.1 Å². The van der Waals surface area contributed by atoms with Crippen LogP contribution in [-0.4, -0.2) is 53.2 Å². The summed E-state index contributed by atoms with van der Waals surface area (Å²) in [6.45, 7) is 0.884. The molecule has 4 rings (SSSR count). The van der Waals surface area contributed by atoms with E-state index < -0.39 is 11.9 Å². The SMILES string of the molecule is O=C(CCCCCOc1ccc(C(=O)N/N=C/c2ccc(CN3C(=O)CC/C=C/CCC(=O)OC[C@@H]3c3ccccc3)cc2)cc1)NO. The third-order valence-electron chi connectivity index (χ3n) is 7.76. The van der Waals surface area contributed by atoms with Crippen molar-refractivity contribution in [2.75, 3.05) is 13.2 Å². The average molecular weight is 655 g/mol. The van der Waals surface area contributed by atoms with Crippen molar-refractivity contribution in [3.63, 3.8) is 0 Å². The summed E-state index contributed by atoms with van der Waals surface area (Å²) in [6.07, 6.45) is 9.72. The highest BCUT2D eigenvalue weighted by Gasteiger charge is 2.27. The van der Waals surface area contributed by atoms with Crippen molar-refractivity contribution in [3.05, 3.63) is 113 Å². The molecule has 0 bridgehead atoms. The normalized spacial score (nSPS) is 16.4. The van der Waals surface area contributed by atoms with Crippen molar-refractivity contribution >= 4 is 29.9 Å². The van der Waals surface area contributed by atoms with Crippen LogP contribution in [0.4, 0.5) is 0 Å². The first-order valence-corrected chi connectivity index (χ1v) is 16.2. The zero-order chi connectivity index (χ0) is 34.0. The molecule has 3 amide bonds. The molecule has 48 heavy (non-hydrogen) atoms. The summed E-state index contributed by atoms with van der Waals surface area (Å²) < 4.78 is 11.3. The van der Waals surface area contributed by atoms with Crippen molar-refractivity contribution in [2.24, 2.45) is 5.10 Å². The smallest absolute Gasteiger partial charge is 0.306 e. The van der Waals surface area contributed by atoms with E-state index in [0.717, 1.165) is 29.5 Å². The molecule has 252 valence electrons. The number of benzene rings is 3. The maximum Gasteiger partial charge on any atom is 0.306 e. The number of unbranched alkanes of at least 4 members (excludes halogenated alkanes) is 2. The summed E-state index contributed by atoms with van der Waals surface area (Å²) in [5, 5.41) is 12.6. The van der Waals surface area contributed by atoms with E-state index in [4.69, 9.17) is 14.7 Å². The fraction of sp³-hybridized carbons (Fsp3) is 0.324. The average Bonchev–Trinajstić information content (AvgIpc) is 3.11. The van der Waals surface area contributed by atoms with Gasteiger partial charge in [-0.2, -0.15) is 5.10 Å². The van der Waals surface area contributed by atoms with Crippen LogP contribution >= 0.6 is 0 Å². The number of rotatable bonds is 13. The number of amides is 3. The fourth-order valence-electron chi connectivity index (χ4n) is 5.09. The minimum Gasteiger partial charge on any atom is -0.494 e. The largest absolute Gasteiger partial charge is 0.494 e. The Kier molecular flexibility index (Phi) is 14.4.